The first-order valence-corrected chi connectivity index (χ1v) is 8.05. The lowest BCUT2D eigenvalue weighted by Crippen LogP contribution is -2.02. The monoisotopic (exact) mass is 349 g/mol. The molecule has 0 bridgehead atoms. The number of nitrogens with one attached hydrogen (secondary N) is 1. The summed E-state index contributed by atoms with van der Waals surface area (Å²) in [6.45, 7) is 0. The third-order valence-electron chi connectivity index (χ3n) is 4.04. The van der Waals surface area contributed by atoms with Crippen LogP contribution in [-0.2, 0) is 0 Å². The van der Waals surface area contributed by atoms with Gasteiger partial charge in [0.05, 0.1) is 25.5 Å². The average molecular weight is 349 g/mol. The normalized spacial score (nSPS) is 10.2. The van der Waals surface area contributed by atoms with E-state index in [1.807, 2.05) is 42.5 Å². The third-order valence-corrected chi connectivity index (χ3v) is 4.04. The number of carboxylic acid groups (broad SMARTS) is 1. The van der Waals surface area contributed by atoms with Crippen LogP contribution >= 0.6 is 0 Å². The van der Waals surface area contributed by atoms with Crippen LogP contribution in [0.15, 0.2) is 66.7 Å². The highest BCUT2D eigenvalue weighted by atomic mass is 16.5. The fraction of sp³-hybridized carbons (Fsp3) is 0.0952. The Morgan fingerprint density at radius 2 is 1.62 bits per heavy atom. The molecule has 0 aliphatic rings. The predicted octanol–water partition coefficient (Wildman–Crippen LogP) is 4.81. The fourth-order valence-corrected chi connectivity index (χ4v) is 2.78. The highest BCUT2D eigenvalue weighted by Gasteiger charge is 2.12. The molecule has 0 saturated carbocycles. The van der Waals surface area contributed by atoms with Gasteiger partial charge in [-0.1, -0.05) is 36.4 Å². The largest absolute Gasteiger partial charge is 0.493 e. The molecule has 26 heavy (non-hydrogen) atoms. The van der Waals surface area contributed by atoms with Crippen LogP contribution in [0.1, 0.15) is 10.4 Å². The van der Waals surface area contributed by atoms with E-state index >= 15 is 0 Å². The Bertz CT molecular complexity index is 920. The average Bonchev–Trinajstić information content (AvgIpc) is 2.68. The summed E-state index contributed by atoms with van der Waals surface area (Å²) in [7, 11) is 3.22. The van der Waals surface area contributed by atoms with Crippen LogP contribution < -0.4 is 14.8 Å². The number of ether oxygens (including phenoxy) is 2. The van der Waals surface area contributed by atoms with Gasteiger partial charge in [0, 0.05) is 11.3 Å². The zero-order chi connectivity index (χ0) is 18.5. The molecule has 2 N–H and O–H groups in total. The first-order valence-electron chi connectivity index (χ1n) is 8.05. The molecule has 0 atom stereocenters. The summed E-state index contributed by atoms with van der Waals surface area (Å²) in [5, 5.41) is 12.4. The van der Waals surface area contributed by atoms with Gasteiger partial charge in [-0.05, 0) is 35.9 Å². The highest BCUT2D eigenvalue weighted by Crippen LogP contribution is 2.38. The summed E-state index contributed by atoms with van der Waals surface area (Å²) in [4.78, 5) is 11.3. The first-order chi connectivity index (χ1) is 12.6. The molecule has 0 saturated heterocycles. The van der Waals surface area contributed by atoms with Crippen LogP contribution in [0.4, 0.5) is 11.4 Å². The molecular weight excluding hydrogens is 330 g/mol. The van der Waals surface area contributed by atoms with Crippen molar-refractivity contribution in [1.82, 2.24) is 0 Å². The molecule has 0 aromatic heterocycles. The van der Waals surface area contributed by atoms with Gasteiger partial charge < -0.3 is 19.9 Å². The van der Waals surface area contributed by atoms with E-state index in [0.29, 0.717) is 17.2 Å². The summed E-state index contributed by atoms with van der Waals surface area (Å²) < 4.78 is 10.8. The van der Waals surface area contributed by atoms with Crippen molar-refractivity contribution in [3.05, 3.63) is 72.3 Å². The van der Waals surface area contributed by atoms with Gasteiger partial charge in [-0.2, -0.15) is 0 Å². The summed E-state index contributed by atoms with van der Waals surface area (Å²) in [6, 6.07) is 20.2. The van der Waals surface area contributed by atoms with E-state index in [1.165, 1.54) is 0 Å². The first kappa shape index (κ1) is 17.4. The van der Waals surface area contributed by atoms with Crippen molar-refractivity contribution in [1.29, 1.82) is 0 Å². The minimum absolute atomic E-state index is 0.228. The van der Waals surface area contributed by atoms with Gasteiger partial charge in [-0.3, -0.25) is 0 Å². The van der Waals surface area contributed by atoms with E-state index < -0.39 is 5.97 Å². The van der Waals surface area contributed by atoms with Gasteiger partial charge in [0.1, 0.15) is 0 Å². The highest BCUT2D eigenvalue weighted by molar-refractivity contribution is 5.95. The lowest BCUT2D eigenvalue weighted by Gasteiger charge is -2.14. The number of aromatic carboxylic acids is 1. The smallest absolute Gasteiger partial charge is 0.337 e. The van der Waals surface area contributed by atoms with Crippen molar-refractivity contribution < 1.29 is 19.4 Å². The molecule has 0 spiro atoms. The predicted molar refractivity (Wildman–Crippen MR) is 102 cm³/mol. The number of carbonyl (C=O) groups is 1. The molecule has 0 aliphatic carbocycles. The zero-order valence-corrected chi connectivity index (χ0v) is 14.5. The van der Waals surface area contributed by atoms with Crippen molar-refractivity contribution in [2.45, 2.75) is 0 Å². The van der Waals surface area contributed by atoms with Crippen molar-refractivity contribution in [3.8, 4) is 22.6 Å². The quantitative estimate of drug-likeness (QED) is 0.668. The van der Waals surface area contributed by atoms with Gasteiger partial charge in [0.15, 0.2) is 11.5 Å². The molecule has 0 heterocycles. The molecule has 3 aromatic rings. The van der Waals surface area contributed by atoms with Gasteiger partial charge in [-0.25, -0.2) is 4.79 Å². The standard InChI is InChI=1S/C21H19NO4/c1-25-19-9-5-7-16(20(19)26-2)14-10-12-15(13-11-14)22-18-8-4-3-6-17(18)21(23)24/h3-13,22H,1-2H3,(H,23,24). The lowest BCUT2D eigenvalue weighted by molar-refractivity contribution is 0.0698. The van der Waals surface area contributed by atoms with E-state index in [-0.39, 0.29) is 5.56 Å². The maximum absolute atomic E-state index is 11.3. The van der Waals surface area contributed by atoms with Crippen LogP contribution in [0, 0.1) is 0 Å². The third kappa shape index (κ3) is 3.47. The number of benzene rings is 3. The maximum Gasteiger partial charge on any atom is 0.337 e. The van der Waals surface area contributed by atoms with Crippen LogP contribution in [0.2, 0.25) is 0 Å². The number of anilines is 2. The summed E-state index contributed by atoms with van der Waals surface area (Å²) in [6.07, 6.45) is 0. The van der Waals surface area contributed by atoms with Crippen molar-refractivity contribution in [3.63, 3.8) is 0 Å². The molecule has 3 rings (SSSR count). The van der Waals surface area contributed by atoms with Gasteiger partial charge in [-0.15, -0.1) is 0 Å². The minimum atomic E-state index is -0.967. The van der Waals surface area contributed by atoms with E-state index in [1.54, 1.807) is 38.5 Å². The number of hydrogen-bond donors (Lipinski definition) is 2. The molecule has 0 amide bonds. The number of hydrogen-bond acceptors (Lipinski definition) is 4. The molecule has 0 aliphatic heterocycles. The Balaban J connectivity index is 1.90. The SMILES string of the molecule is COc1cccc(-c2ccc(Nc3ccccc3C(=O)O)cc2)c1OC. The number of carboxylic acids is 1. The lowest BCUT2D eigenvalue weighted by atomic mass is 10.0. The molecule has 5 nitrogen and oxygen atoms in total. The maximum atomic E-state index is 11.3. The van der Waals surface area contributed by atoms with E-state index in [0.717, 1.165) is 16.8 Å². The number of rotatable bonds is 6. The molecule has 0 unspecified atom stereocenters. The van der Waals surface area contributed by atoms with Gasteiger partial charge in [0.25, 0.3) is 0 Å². The van der Waals surface area contributed by atoms with Crippen LogP contribution in [-0.4, -0.2) is 25.3 Å². The zero-order valence-electron chi connectivity index (χ0n) is 14.5. The van der Waals surface area contributed by atoms with Gasteiger partial charge in [0.2, 0.25) is 0 Å². The summed E-state index contributed by atoms with van der Waals surface area (Å²) >= 11 is 0. The van der Waals surface area contributed by atoms with Crippen molar-refractivity contribution in [2.75, 3.05) is 19.5 Å². The Morgan fingerprint density at radius 3 is 2.27 bits per heavy atom. The number of para-hydroxylation sites is 2. The minimum Gasteiger partial charge on any atom is -0.493 e. The Kier molecular flexibility index (Phi) is 5.08. The molecule has 3 aromatic carbocycles. The van der Waals surface area contributed by atoms with Crippen molar-refractivity contribution in [2.24, 2.45) is 0 Å². The van der Waals surface area contributed by atoms with E-state index in [4.69, 9.17) is 9.47 Å². The van der Waals surface area contributed by atoms with Gasteiger partial charge >= 0.3 is 5.97 Å². The molecule has 132 valence electrons. The van der Waals surface area contributed by atoms with Crippen LogP contribution in [0.3, 0.4) is 0 Å². The Hall–Kier alpha value is -3.47. The fourth-order valence-electron chi connectivity index (χ4n) is 2.78. The molecule has 0 radical (unpaired) electrons. The second kappa shape index (κ2) is 7.61. The second-order valence-corrected chi connectivity index (χ2v) is 5.59. The molecule has 5 heteroatoms. The van der Waals surface area contributed by atoms with Crippen molar-refractivity contribution >= 4 is 17.3 Å². The second-order valence-electron chi connectivity index (χ2n) is 5.59. The van der Waals surface area contributed by atoms with Crippen LogP contribution in [0.5, 0.6) is 11.5 Å². The summed E-state index contributed by atoms with van der Waals surface area (Å²) in [5.74, 6) is 0.375. The Morgan fingerprint density at radius 1 is 0.885 bits per heavy atom. The Labute approximate surface area is 151 Å². The molecular formula is C21H19NO4. The van der Waals surface area contributed by atoms with E-state index in [9.17, 15) is 9.90 Å². The topological polar surface area (TPSA) is 67.8 Å². The summed E-state index contributed by atoms with van der Waals surface area (Å²) in [5.41, 5.74) is 3.46. The number of methoxy groups -OCH3 is 2. The van der Waals surface area contributed by atoms with E-state index in [2.05, 4.69) is 5.32 Å². The molecule has 0 fully saturated rings. The van der Waals surface area contributed by atoms with Crippen LogP contribution in [0.25, 0.3) is 11.1 Å².